The molecule has 0 atom stereocenters. The van der Waals surface area contributed by atoms with Gasteiger partial charge in [-0.3, -0.25) is 0 Å². The van der Waals surface area contributed by atoms with Crippen molar-refractivity contribution in [3.05, 3.63) is 72.3 Å². The van der Waals surface area contributed by atoms with Crippen molar-refractivity contribution >= 4 is 34.8 Å². The van der Waals surface area contributed by atoms with Crippen LogP contribution in [0.1, 0.15) is 11.4 Å². The lowest BCUT2D eigenvalue weighted by atomic mass is 10.2. The number of aryl methyl sites for hydroxylation is 2. The zero-order chi connectivity index (χ0) is 22.9. The van der Waals surface area contributed by atoms with Crippen molar-refractivity contribution in [2.24, 2.45) is 0 Å². The fraction of sp³-hybridized carbons (Fsp3) is 0.0909. The number of rotatable bonds is 4. The Balaban J connectivity index is 1.46. The second-order valence-electron chi connectivity index (χ2n) is 7.39. The molecule has 0 bridgehead atoms. The predicted molar refractivity (Wildman–Crippen MR) is 124 cm³/mol. The molecule has 11 heteroatoms. The Bertz CT molecular complexity index is 1450. The number of aromatic nitrogens is 7. The van der Waals surface area contributed by atoms with E-state index in [0.29, 0.717) is 46.0 Å². The summed E-state index contributed by atoms with van der Waals surface area (Å²) in [7, 11) is 0. The number of amides is 1. The summed E-state index contributed by atoms with van der Waals surface area (Å²) in [6.45, 7) is 3.75. The van der Waals surface area contributed by atoms with Crippen LogP contribution in [0.25, 0.3) is 17.0 Å². The number of benzene rings is 1. The molecule has 0 saturated heterocycles. The molecule has 0 aliphatic carbocycles. The van der Waals surface area contributed by atoms with Gasteiger partial charge in [-0.1, -0.05) is 17.7 Å². The third-order valence-electron chi connectivity index (χ3n) is 4.84. The molecule has 0 spiro atoms. The number of fused-ring (bicyclic) bond motifs is 1. The zero-order valence-electron chi connectivity index (χ0n) is 17.9. The number of hydrogen-bond donors (Lipinski definition) is 3. The first-order valence-electron chi connectivity index (χ1n) is 10.1. The molecule has 33 heavy (non-hydrogen) atoms. The Labute approximate surface area is 188 Å². The Morgan fingerprint density at radius 1 is 1.03 bits per heavy atom. The van der Waals surface area contributed by atoms with Crippen LogP contribution in [0.15, 0.2) is 60.9 Å². The van der Waals surface area contributed by atoms with Crippen LogP contribution in [0, 0.1) is 13.8 Å². The maximum Gasteiger partial charge on any atom is 0.346 e. The van der Waals surface area contributed by atoms with Crippen molar-refractivity contribution < 1.29 is 4.79 Å². The van der Waals surface area contributed by atoms with Gasteiger partial charge in [-0.2, -0.15) is 9.78 Å². The number of nitrogen functional groups attached to an aromatic ring is 1. The van der Waals surface area contributed by atoms with E-state index in [9.17, 15) is 4.79 Å². The lowest BCUT2D eigenvalue weighted by molar-refractivity contribution is 0.251. The maximum absolute atomic E-state index is 12.6. The van der Waals surface area contributed by atoms with Crippen LogP contribution in [-0.2, 0) is 0 Å². The van der Waals surface area contributed by atoms with Crippen LogP contribution in [0.4, 0.5) is 27.9 Å². The minimum atomic E-state index is -0.386. The summed E-state index contributed by atoms with van der Waals surface area (Å²) in [6, 6.07) is 14.1. The molecule has 0 fully saturated rings. The molecule has 164 valence electrons. The van der Waals surface area contributed by atoms with Gasteiger partial charge in [0, 0.05) is 30.2 Å². The predicted octanol–water partition coefficient (Wildman–Crippen LogP) is 3.41. The molecule has 4 N–H and O–H groups in total. The van der Waals surface area contributed by atoms with Crippen molar-refractivity contribution in [2.75, 3.05) is 16.4 Å². The molecule has 0 aliphatic heterocycles. The first-order chi connectivity index (χ1) is 16.0. The molecule has 1 aromatic carbocycles. The van der Waals surface area contributed by atoms with Gasteiger partial charge < -0.3 is 16.4 Å². The van der Waals surface area contributed by atoms with Gasteiger partial charge in [0.05, 0.1) is 5.69 Å². The molecule has 4 aromatic heterocycles. The molecule has 11 nitrogen and oxygen atoms in total. The van der Waals surface area contributed by atoms with Gasteiger partial charge in [0.2, 0.25) is 0 Å². The Kier molecular flexibility index (Phi) is 4.90. The quantitative estimate of drug-likeness (QED) is 0.386. The lowest BCUT2D eigenvalue weighted by Crippen LogP contribution is -2.20. The summed E-state index contributed by atoms with van der Waals surface area (Å²) in [6.07, 6.45) is 3.22. The Morgan fingerprint density at radius 3 is 2.64 bits per heavy atom. The summed E-state index contributed by atoms with van der Waals surface area (Å²) in [4.78, 5) is 25.8. The van der Waals surface area contributed by atoms with Crippen LogP contribution in [0.5, 0.6) is 0 Å². The fourth-order valence-corrected chi connectivity index (χ4v) is 3.36. The number of carbonyl (C=O) groups is 1. The number of nitrogens with one attached hydrogen (secondary N) is 2. The summed E-state index contributed by atoms with van der Waals surface area (Å²) in [5.41, 5.74) is 9.50. The number of anilines is 4. The van der Waals surface area contributed by atoms with Gasteiger partial charge in [-0.05, 0) is 38.1 Å². The summed E-state index contributed by atoms with van der Waals surface area (Å²) in [5.74, 6) is 1.76. The number of hydrogen-bond acceptors (Lipinski definition) is 8. The largest absolute Gasteiger partial charge is 0.384 e. The molecule has 0 aliphatic rings. The average molecular weight is 440 g/mol. The molecular weight excluding hydrogens is 420 g/mol. The fourth-order valence-electron chi connectivity index (χ4n) is 3.36. The minimum absolute atomic E-state index is 0.339. The van der Waals surface area contributed by atoms with E-state index >= 15 is 0 Å². The van der Waals surface area contributed by atoms with Gasteiger partial charge in [0.25, 0.3) is 0 Å². The first kappa shape index (κ1) is 20.1. The molecule has 1 amide bonds. The molecule has 4 heterocycles. The number of imidazole rings is 1. The van der Waals surface area contributed by atoms with Crippen molar-refractivity contribution in [2.45, 2.75) is 13.8 Å². The first-order valence-corrected chi connectivity index (χ1v) is 10.1. The number of carbonyl (C=O) groups excluding carboxylic acids is 1. The van der Waals surface area contributed by atoms with Crippen LogP contribution >= 0.6 is 0 Å². The highest BCUT2D eigenvalue weighted by Crippen LogP contribution is 2.29. The normalized spacial score (nSPS) is 11.0. The van der Waals surface area contributed by atoms with Crippen LogP contribution < -0.4 is 16.4 Å². The monoisotopic (exact) mass is 440 g/mol. The van der Waals surface area contributed by atoms with E-state index in [2.05, 4.69) is 35.8 Å². The summed E-state index contributed by atoms with van der Waals surface area (Å²) >= 11 is 0. The second kappa shape index (κ2) is 8.04. The van der Waals surface area contributed by atoms with Gasteiger partial charge in [-0.15, -0.1) is 5.10 Å². The lowest BCUT2D eigenvalue weighted by Gasteiger charge is -2.07. The molecule has 0 unspecified atom stereocenters. The second-order valence-corrected chi connectivity index (χ2v) is 7.39. The van der Waals surface area contributed by atoms with Gasteiger partial charge in [-0.25, -0.2) is 24.3 Å². The van der Waals surface area contributed by atoms with E-state index in [1.165, 1.54) is 4.68 Å². The smallest absolute Gasteiger partial charge is 0.346 e. The molecule has 5 aromatic rings. The zero-order valence-corrected chi connectivity index (χ0v) is 17.9. The minimum Gasteiger partial charge on any atom is -0.384 e. The summed E-state index contributed by atoms with van der Waals surface area (Å²) < 4.78 is 2.87. The molecular formula is C22H20N10O. The van der Waals surface area contributed by atoms with Gasteiger partial charge in [0.15, 0.2) is 17.3 Å². The molecule has 0 radical (unpaired) electrons. The highest BCUT2D eigenvalue weighted by Gasteiger charge is 2.19. The van der Waals surface area contributed by atoms with Crippen LogP contribution in [0.3, 0.4) is 0 Å². The topological polar surface area (TPSA) is 141 Å². The van der Waals surface area contributed by atoms with E-state index in [1.807, 2.05) is 37.3 Å². The highest BCUT2D eigenvalue weighted by molar-refractivity contribution is 5.90. The van der Waals surface area contributed by atoms with E-state index < -0.39 is 0 Å². The number of nitrogens with zero attached hydrogens (tertiary/aromatic N) is 7. The van der Waals surface area contributed by atoms with E-state index in [4.69, 9.17) is 5.73 Å². The third-order valence-corrected chi connectivity index (χ3v) is 4.84. The van der Waals surface area contributed by atoms with Gasteiger partial charge >= 0.3 is 6.03 Å². The number of nitrogens with two attached hydrogens (primary N) is 1. The third kappa shape index (κ3) is 4.06. The van der Waals surface area contributed by atoms with E-state index in [1.54, 1.807) is 42.0 Å². The van der Waals surface area contributed by atoms with Gasteiger partial charge in [0.1, 0.15) is 17.3 Å². The van der Waals surface area contributed by atoms with Crippen LogP contribution in [0.2, 0.25) is 0 Å². The average Bonchev–Trinajstić information content (AvgIpc) is 3.39. The van der Waals surface area contributed by atoms with Crippen molar-refractivity contribution in [1.29, 1.82) is 0 Å². The van der Waals surface area contributed by atoms with E-state index in [-0.39, 0.29) is 6.03 Å². The van der Waals surface area contributed by atoms with E-state index in [0.717, 1.165) is 5.56 Å². The van der Waals surface area contributed by atoms with Crippen LogP contribution in [-0.4, -0.2) is 40.4 Å². The van der Waals surface area contributed by atoms with Crippen molar-refractivity contribution in [3.8, 4) is 11.4 Å². The molecule has 0 saturated carbocycles. The van der Waals surface area contributed by atoms with Crippen molar-refractivity contribution in [3.63, 3.8) is 0 Å². The molecule has 5 rings (SSSR count). The Morgan fingerprint density at radius 2 is 1.85 bits per heavy atom. The highest BCUT2D eigenvalue weighted by atomic mass is 16.2. The standard InChI is InChI=1S/C22H20N10O/c1-13-5-7-15(8-6-13)27-22(33)31-11-9-18(30-31)28-21-20(16-12-17(23)26-14(2)25-16)32-19(29-21)4-3-10-24-32/h3-12H,1-2H3,(H,27,33)(H,28,30)(H2,23,25,26). The summed E-state index contributed by atoms with van der Waals surface area (Å²) in [5, 5.41) is 14.7. The maximum atomic E-state index is 12.6. The SMILES string of the molecule is Cc1ccc(NC(=O)n2ccc(Nc3nc4cccnn4c3-c3cc(N)nc(C)n3)n2)cc1. The Hall–Kier alpha value is -4.80. The van der Waals surface area contributed by atoms with Crippen molar-refractivity contribution in [1.82, 2.24) is 34.3 Å².